The van der Waals surface area contributed by atoms with Crippen molar-refractivity contribution in [2.24, 2.45) is 0 Å². The fourth-order valence-corrected chi connectivity index (χ4v) is 2.90. The van der Waals surface area contributed by atoms with E-state index in [0.717, 1.165) is 31.5 Å². The van der Waals surface area contributed by atoms with Crippen molar-refractivity contribution in [3.8, 4) is 0 Å². The normalized spacial score (nSPS) is 18.8. The van der Waals surface area contributed by atoms with Crippen LogP contribution in [0.15, 0.2) is 28.9 Å². The molecule has 0 aromatic carbocycles. The molecule has 4 rings (SSSR count). The fourth-order valence-electron chi connectivity index (χ4n) is 2.90. The number of ether oxygens (including phenoxy) is 1. The molecule has 3 heterocycles. The van der Waals surface area contributed by atoms with E-state index >= 15 is 0 Å². The average molecular weight is 328 g/mol. The zero-order valence-corrected chi connectivity index (χ0v) is 13.4. The summed E-state index contributed by atoms with van der Waals surface area (Å²) >= 11 is 0. The standard InChI is InChI=1S/C17H20N4O3/c22-17(14-3-1-2-8-18-14)21-9-6-13(7-10-21)23-11-15-19-16(20-24-15)12-4-5-12/h1-3,8,12-13H,4-7,9-11H2. The SMILES string of the molecule is O=C(c1ccccn1)N1CCC(OCc2nc(C3CC3)no2)CC1. The highest BCUT2D eigenvalue weighted by Gasteiger charge is 2.29. The highest BCUT2D eigenvalue weighted by Crippen LogP contribution is 2.38. The van der Waals surface area contributed by atoms with Gasteiger partial charge in [0, 0.05) is 25.2 Å². The van der Waals surface area contributed by atoms with Crippen molar-refractivity contribution < 1.29 is 14.1 Å². The molecule has 1 aliphatic carbocycles. The molecule has 1 aliphatic heterocycles. The first-order chi connectivity index (χ1) is 11.8. The van der Waals surface area contributed by atoms with Crippen LogP contribution in [0.5, 0.6) is 0 Å². The van der Waals surface area contributed by atoms with Crippen molar-refractivity contribution in [2.75, 3.05) is 13.1 Å². The van der Waals surface area contributed by atoms with Crippen LogP contribution < -0.4 is 0 Å². The lowest BCUT2D eigenvalue weighted by atomic mass is 10.1. The molecule has 0 N–H and O–H groups in total. The molecule has 0 radical (unpaired) electrons. The molecule has 0 bridgehead atoms. The molecular weight excluding hydrogens is 308 g/mol. The van der Waals surface area contributed by atoms with Gasteiger partial charge in [0.05, 0.1) is 6.10 Å². The first-order valence-electron chi connectivity index (χ1n) is 8.44. The average Bonchev–Trinajstić information content (AvgIpc) is 3.39. The van der Waals surface area contributed by atoms with Crippen LogP contribution in [0.25, 0.3) is 0 Å². The van der Waals surface area contributed by atoms with E-state index in [9.17, 15) is 4.79 Å². The smallest absolute Gasteiger partial charge is 0.272 e. The summed E-state index contributed by atoms with van der Waals surface area (Å²) in [6.45, 7) is 1.70. The van der Waals surface area contributed by atoms with Gasteiger partial charge in [-0.2, -0.15) is 4.98 Å². The third-order valence-electron chi connectivity index (χ3n) is 4.48. The van der Waals surface area contributed by atoms with E-state index in [1.54, 1.807) is 12.3 Å². The summed E-state index contributed by atoms with van der Waals surface area (Å²) in [5, 5.41) is 3.98. The Morgan fingerprint density at radius 3 is 2.79 bits per heavy atom. The summed E-state index contributed by atoms with van der Waals surface area (Å²) in [5.74, 6) is 1.83. The van der Waals surface area contributed by atoms with Crippen molar-refractivity contribution in [1.82, 2.24) is 20.0 Å². The van der Waals surface area contributed by atoms with Crippen LogP contribution in [0.4, 0.5) is 0 Å². The maximum Gasteiger partial charge on any atom is 0.272 e. The van der Waals surface area contributed by atoms with Crippen LogP contribution in [0, 0.1) is 0 Å². The van der Waals surface area contributed by atoms with Gasteiger partial charge in [0.1, 0.15) is 12.3 Å². The Morgan fingerprint density at radius 2 is 2.08 bits per heavy atom. The van der Waals surface area contributed by atoms with Gasteiger partial charge in [-0.05, 0) is 37.8 Å². The van der Waals surface area contributed by atoms with Crippen LogP contribution in [0.1, 0.15) is 53.8 Å². The molecule has 0 unspecified atom stereocenters. The molecule has 0 spiro atoms. The van der Waals surface area contributed by atoms with E-state index in [-0.39, 0.29) is 12.0 Å². The van der Waals surface area contributed by atoms with E-state index in [1.807, 2.05) is 17.0 Å². The second-order valence-corrected chi connectivity index (χ2v) is 6.34. The van der Waals surface area contributed by atoms with Crippen molar-refractivity contribution >= 4 is 5.91 Å². The van der Waals surface area contributed by atoms with Gasteiger partial charge in [-0.25, -0.2) is 0 Å². The summed E-state index contributed by atoms with van der Waals surface area (Å²) in [4.78, 5) is 22.7. The first-order valence-corrected chi connectivity index (χ1v) is 8.44. The Morgan fingerprint density at radius 1 is 1.25 bits per heavy atom. The van der Waals surface area contributed by atoms with E-state index in [2.05, 4.69) is 15.1 Å². The third-order valence-corrected chi connectivity index (χ3v) is 4.48. The van der Waals surface area contributed by atoms with Crippen LogP contribution in [-0.2, 0) is 11.3 Å². The molecule has 2 aromatic heterocycles. The first kappa shape index (κ1) is 15.3. The summed E-state index contributed by atoms with van der Waals surface area (Å²) in [6.07, 6.45) is 5.69. The summed E-state index contributed by atoms with van der Waals surface area (Å²) < 4.78 is 11.1. The monoisotopic (exact) mass is 328 g/mol. The van der Waals surface area contributed by atoms with Gasteiger partial charge < -0.3 is 14.2 Å². The number of likely N-dealkylation sites (tertiary alicyclic amines) is 1. The Kier molecular flexibility index (Phi) is 4.25. The van der Waals surface area contributed by atoms with Crippen molar-refractivity contribution in [3.05, 3.63) is 41.8 Å². The Balaban J connectivity index is 1.24. The van der Waals surface area contributed by atoms with Gasteiger partial charge in [0.25, 0.3) is 11.8 Å². The number of carbonyl (C=O) groups is 1. The molecule has 1 amide bonds. The zero-order chi connectivity index (χ0) is 16.4. The van der Waals surface area contributed by atoms with Crippen LogP contribution in [0.2, 0.25) is 0 Å². The third kappa shape index (κ3) is 3.46. The lowest BCUT2D eigenvalue weighted by Gasteiger charge is -2.31. The van der Waals surface area contributed by atoms with E-state index in [1.165, 1.54) is 0 Å². The maximum atomic E-state index is 12.3. The van der Waals surface area contributed by atoms with Gasteiger partial charge in [-0.15, -0.1) is 0 Å². The number of rotatable bonds is 5. The second kappa shape index (κ2) is 6.68. The Hall–Kier alpha value is -2.28. The minimum Gasteiger partial charge on any atom is -0.368 e. The van der Waals surface area contributed by atoms with Crippen molar-refractivity contribution in [3.63, 3.8) is 0 Å². The quantitative estimate of drug-likeness (QED) is 0.836. The molecule has 7 heteroatoms. The van der Waals surface area contributed by atoms with E-state index in [0.29, 0.717) is 37.2 Å². The van der Waals surface area contributed by atoms with Gasteiger partial charge >= 0.3 is 0 Å². The van der Waals surface area contributed by atoms with Gasteiger partial charge in [0.2, 0.25) is 0 Å². The lowest BCUT2D eigenvalue weighted by molar-refractivity contribution is -0.00988. The number of aromatic nitrogens is 3. The van der Waals surface area contributed by atoms with Crippen LogP contribution >= 0.6 is 0 Å². The van der Waals surface area contributed by atoms with Crippen LogP contribution in [-0.4, -0.2) is 45.1 Å². The Labute approximate surface area is 140 Å². The molecule has 0 atom stereocenters. The number of nitrogens with zero attached hydrogens (tertiary/aromatic N) is 4. The highest BCUT2D eigenvalue weighted by atomic mass is 16.5. The highest BCUT2D eigenvalue weighted by molar-refractivity contribution is 5.92. The van der Waals surface area contributed by atoms with E-state index < -0.39 is 0 Å². The molecule has 126 valence electrons. The van der Waals surface area contributed by atoms with Crippen molar-refractivity contribution in [2.45, 2.75) is 44.3 Å². The Bertz CT molecular complexity index is 691. The summed E-state index contributed by atoms with van der Waals surface area (Å²) in [7, 11) is 0. The topological polar surface area (TPSA) is 81.4 Å². The molecule has 7 nitrogen and oxygen atoms in total. The molecule has 1 saturated heterocycles. The molecule has 24 heavy (non-hydrogen) atoms. The summed E-state index contributed by atoms with van der Waals surface area (Å²) in [6, 6.07) is 5.39. The number of hydrogen-bond acceptors (Lipinski definition) is 6. The van der Waals surface area contributed by atoms with Crippen LogP contribution in [0.3, 0.4) is 0 Å². The van der Waals surface area contributed by atoms with Gasteiger partial charge in [0.15, 0.2) is 5.82 Å². The molecule has 2 fully saturated rings. The van der Waals surface area contributed by atoms with Gasteiger partial charge in [-0.3, -0.25) is 9.78 Å². The number of amides is 1. The van der Waals surface area contributed by atoms with Crippen molar-refractivity contribution in [1.29, 1.82) is 0 Å². The molecule has 2 aromatic rings. The summed E-state index contributed by atoms with van der Waals surface area (Å²) in [5.41, 5.74) is 0.496. The second-order valence-electron chi connectivity index (χ2n) is 6.34. The largest absolute Gasteiger partial charge is 0.368 e. The predicted molar refractivity (Wildman–Crippen MR) is 84.2 cm³/mol. The molecule has 2 aliphatic rings. The van der Waals surface area contributed by atoms with Gasteiger partial charge in [-0.1, -0.05) is 11.2 Å². The molecule has 1 saturated carbocycles. The minimum atomic E-state index is -0.0139. The molecular formula is C17H20N4O3. The minimum absolute atomic E-state index is 0.0139. The maximum absolute atomic E-state index is 12.3. The zero-order valence-electron chi connectivity index (χ0n) is 13.4. The predicted octanol–water partition coefficient (Wildman–Crippen LogP) is 2.16. The number of hydrogen-bond donors (Lipinski definition) is 0. The lowest BCUT2D eigenvalue weighted by Crippen LogP contribution is -2.41. The number of pyridine rings is 1. The number of piperidine rings is 1. The number of carbonyl (C=O) groups excluding carboxylic acids is 1. The fraction of sp³-hybridized carbons (Fsp3) is 0.529. The van der Waals surface area contributed by atoms with E-state index in [4.69, 9.17) is 9.26 Å².